The standard InChI is InChI=1S/C8H4F5NO/c9-3-1-4(10)6(5(11)2-3)14-8(15)7(12)13/h1-2,7H,(H,14,15). The van der Waals surface area contributed by atoms with Crippen molar-refractivity contribution in [1.82, 2.24) is 0 Å². The molecule has 0 fully saturated rings. The Morgan fingerprint density at radius 3 is 2.00 bits per heavy atom. The van der Waals surface area contributed by atoms with Gasteiger partial charge in [-0.05, 0) is 0 Å². The Bertz CT molecular complexity index is 370. The molecule has 0 atom stereocenters. The van der Waals surface area contributed by atoms with E-state index in [9.17, 15) is 26.7 Å². The fourth-order valence-electron chi connectivity index (χ4n) is 0.839. The zero-order chi connectivity index (χ0) is 11.6. The van der Waals surface area contributed by atoms with E-state index in [-0.39, 0.29) is 12.1 Å². The van der Waals surface area contributed by atoms with Gasteiger partial charge in [-0.2, -0.15) is 8.78 Å². The second kappa shape index (κ2) is 4.24. The number of rotatable bonds is 2. The van der Waals surface area contributed by atoms with Crippen molar-refractivity contribution in [3.63, 3.8) is 0 Å². The maximum absolute atomic E-state index is 12.8. The summed E-state index contributed by atoms with van der Waals surface area (Å²) in [6, 6.07) is 0.536. The summed E-state index contributed by atoms with van der Waals surface area (Å²) in [5.41, 5.74) is -1.10. The normalized spacial score (nSPS) is 10.5. The van der Waals surface area contributed by atoms with E-state index >= 15 is 0 Å². The molecule has 7 heteroatoms. The van der Waals surface area contributed by atoms with Crippen molar-refractivity contribution >= 4 is 11.6 Å². The maximum Gasteiger partial charge on any atom is 0.315 e. The van der Waals surface area contributed by atoms with E-state index in [1.54, 1.807) is 0 Å². The van der Waals surface area contributed by atoms with Crippen molar-refractivity contribution in [2.45, 2.75) is 6.43 Å². The third-order valence-electron chi connectivity index (χ3n) is 1.45. The minimum absolute atomic E-state index is 0.268. The summed E-state index contributed by atoms with van der Waals surface area (Å²) in [7, 11) is 0. The fourth-order valence-corrected chi connectivity index (χ4v) is 0.839. The molecular weight excluding hydrogens is 221 g/mol. The molecule has 0 unspecified atom stereocenters. The Hall–Kier alpha value is -1.66. The van der Waals surface area contributed by atoms with Crippen LogP contribution in [0.3, 0.4) is 0 Å². The molecule has 1 rings (SSSR count). The van der Waals surface area contributed by atoms with E-state index in [2.05, 4.69) is 0 Å². The Balaban J connectivity index is 3.00. The molecule has 82 valence electrons. The van der Waals surface area contributed by atoms with Gasteiger partial charge >= 0.3 is 6.43 Å². The minimum Gasteiger partial charge on any atom is -0.316 e. The molecule has 0 spiro atoms. The summed E-state index contributed by atoms with van der Waals surface area (Å²) < 4.78 is 61.4. The lowest BCUT2D eigenvalue weighted by Gasteiger charge is -2.06. The highest BCUT2D eigenvalue weighted by atomic mass is 19.3. The molecule has 1 amide bonds. The maximum atomic E-state index is 12.8. The number of anilines is 1. The third-order valence-corrected chi connectivity index (χ3v) is 1.45. The van der Waals surface area contributed by atoms with Gasteiger partial charge in [-0.1, -0.05) is 0 Å². The first-order valence-corrected chi connectivity index (χ1v) is 3.65. The molecule has 0 heterocycles. The number of hydrogen-bond acceptors (Lipinski definition) is 1. The number of carbonyl (C=O) groups excluding carboxylic acids is 1. The second-order valence-corrected chi connectivity index (χ2v) is 2.53. The van der Waals surface area contributed by atoms with Crippen LogP contribution in [0.2, 0.25) is 0 Å². The third kappa shape index (κ3) is 2.64. The molecule has 0 bridgehead atoms. The number of benzene rings is 1. The lowest BCUT2D eigenvalue weighted by atomic mass is 10.2. The zero-order valence-corrected chi connectivity index (χ0v) is 7.03. The van der Waals surface area contributed by atoms with Gasteiger partial charge in [0.25, 0.3) is 5.91 Å². The molecule has 15 heavy (non-hydrogen) atoms. The van der Waals surface area contributed by atoms with Crippen LogP contribution in [-0.2, 0) is 4.79 Å². The van der Waals surface area contributed by atoms with Crippen molar-refractivity contribution in [2.24, 2.45) is 0 Å². The van der Waals surface area contributed by atoms with E-state index in [0.717, 1.165) is 0 Å². The molecule has 2 nitrogen and oxygen atoms in total. The average Bonchev–Trinajstić information content (AvgIpc) is 2.10. The van der Waals surface area contributed by atoms with Crippen molar-refractivity contribution < 1.29 is 26.7 Å². The van der Waals surface area contributed by atoms with Crippen LogP contribution in [0.1, 0.15) is 0 Å². The average molecular weight is 225 g/mol. The van der Waals surface area contributed by atoms with Gasteiger partial charge in [0.15, 0.2) is 11.6 Å². The van der Waals surface area contributed by atoms with Gasteiger partial charge in [0.05, 0.1) is 0 Å². The summed E-state index contributed by atoms with van der Waals surface area (Å²) in [6.45, 7) is 0. The number of halogens is 5. The lowest BCUT2D eigenvalue weighted by molar-refractivity contribution is -0.126. The molecule has 0 aliphatic carbocycles. The molecule has 0 radical (unpaired) electrons. The van der Waals surface area contributed by atoms with E-state index in [1.807, 2.05) is 0 Å². The Kier molecular flexibility index (Phi) is 3.23. The summed E-state index contributed by atoms with van der Waals surface area (Å²) in [5, 5.41) is 1.30. The Morgan fingerprint density at radius 1 is 1.13 bits per heavy atom. The van der Waals surface area contributed by atoms with Crippen LogP contribution in [0.25, 0.3) is 0 Å². The molecule has 1 N–H and O–H groups in total. The van der Waals surface area contributed by atoms with Gasteiger partial charge < -0.3 is 5.32 Å². The van der Waals surface area contributed by atoms with Crippen LogP contribution in [0.15, 0.2) is 12.1 Å². The zero-order valence-electron chi connectivity index (χ0n) is 7.03. The smallest absolute Gasteiger partial charge is 0.315 e. The highest BCUT2D eigenvalue weighted by molar-refractivity contribution is 5.93. The molecule has 0 aromatic heterocycles. The first kappa shape index (κ1) is 11.4. The first-order valence-electron chi connectivity index (χ1n) is 3.65. The van der Waals surface area contributed by atoms with Crippen LogP contribution in [-0.4, -0.2) is 12.3 Å². The molecule has 1 aromatic rings. The largest absolute Gasteiger partial charge is 0.316 e. The molecule has 0 aliphatic rings. The van der Waals surface area contributed by atoms with Crippen LogP contribution in [0.4, 0.5) is 27.6 Å². The minimum atomic E-state index is -3.41. The monoisotopic (exact) mass is 225 g/mol. The van der Waals surface area contributed by atoms with E-state index < -0.39 is 35.5 Å². The highest BCUT2D eigenvalue weighted by Crippen LogP contribution is 2.20. The Morgan fingerprint density at radius 2 is 1.60 bits per heavy atom. The summed E-state index contributed by atoms with van der Waals surface area (Å²) >= 11 is 0. The first-order chi connectivity index (χ1) is 6.91. The van der Waals surface area contributed by atoms with Crippen LogP contribution >= 0.6 is 0 Å². The van der Waals surface area contributed by atoms with Gasteiger partial charge in [0.1, 0.15) is 11.5 Å². The van der Waals surface area contributed by atoms with Crippen molar-refractivity contribution in [3.05, 3.63) is 29.6 Å². The highest BCUT2D eigenvalue weighted by Gasteiger charge is 2.20. The van der Waals surface area contributed by atoms with Gasteiger partial charge in [-0.15, -0.1) is 0 Å². The quantitative estimate of drug-likeness (QED) is 0.769. The summed E-state index contributed by atoms with van der Waals surface area (Å²) in [4.78, 5) is 10.4. The number of hydrogen-bond donors (Lipinski definition) is 1. The second-order valence-electron chi connectivity index (χ2n) is 2.53. The van der Waals surface area contributed by atoms with E-state index in [4.69, 9.17) is 0 Å². The van der Waals surface area contributed by atoms with Gasteiger partial charge in [-0.25, -0.2) is 13.2 Å². The molecule has 0 saturated carbocycles. The fraction of sp³-hybridized carbons (Fsp3) is 0.125. The van der Waals surface area contributed by atoms with Crippen molar-refractivity contribution in [3.8, 4) is 0 Å². The number of carbonyl (C=O) groups is 1. The predicted molar refractivity (Wildman–Crippen MR) is 40.9 cm³/mol. The summed E-state index contributed by atoms with van der Waals surface area (Å²) in [6.07, 6.45) is -3.41. The van der Waals surface area contributed by atoms with Gasteiger partial charge in [-0.3, -0.25) is 4.79 Å². The van der Waals surface area contributed by atoms with Crippen LogP contribution in [0, 0.1) is 17.5 Å². The van der Waals surface area contributed by atoms with Crippen molar-refractivity contribution in [2.75, 3.05) is 5.32 Å². The van der Waals surface area contributed by atoms with Crippen LogP contribution in [0.5, 0.6) is 0 Å². The predicted octanol–water partition coefficient (Wildman–Crippen LogP) is 2.31. The number of nitrogens with one attached hydrogen (secondary N) is 1. The molecule has 0 saturated heterocycles. The molecular formula is C8H4F5NO. The number of amides is 1. The molecule has 0 aliphatic heterocycles. The van der Waals surface area contributed by atoms with Gasteiger partial charge in [0, 0.05) is 12.1 Å². The SMILES string of the molecule is O=C(Nc1c(F)cc(F)cc1F)C(F)F. The van der Waals surface area contributed by atoms with Crippen molar-refractivity contribution in [1.29, 1.82) is 0 Å². The Labute approximate surface area is 80.7 Å². The summed E-state index contributed by atoms with van der Waals surface area (Å²) in [5.74, 6) is -5.98. The molecule has 1 aromatic carbocycles. The van der Waals surface area contributed by atoms with E-state index in [1.165, 1.54) is 5.32 Å². The van der Waals surface area contributed by atoms with Crippen LogP contribution < -0.4 is 5.32 Å². The lowest BCUT2D eigenvalue weighted by Crippen LogP contribution is -2.21. The van der Waals surface area contributed by atoms with Gasteiger partial charge in [0.2, 0.25) is 0 Å². The topological polar surface area (TPSA) is 29.1 Å². The van der Waals surface area contributed by atoms with E-state index in [0.29, 0.717) is 0 Å². The number of alkyl halides is 2.